The Labute approximate surface area is 108 Å². The highest BCUT2D eigenvalue weighted by atomic mass is 32.2. The van der Waals surface area contributed by atoms with E-state index >= 15 is 0 Å². The molecule has 1 rings (SSSR count). The summed E-state index contributed by atoms with van der Waals surface area (Å²) in [4.78, 5) is 15.4. The minimum absolute atomic E-state index is 0.0989. The maximum Gasteiger partial charge on any atom is 0.237 e. The molecular weight excluding hydrogens is 256 g/mol. The number of carbonyl (C=O) groups is 1. The quantitative estimate of drug-likeness (QED) is 0.612. The molecule has 0 saturated carbocycles. The highest BCUT2D eigenvalue weighted by Gasteiger charge is 2.24. The SMILES string of the molecule is C=CCS(=O)(=O)CC(=O)N1CCN(CCO)CC1. The Bertz CT molecular complexity index is 386. The minimum Gasteiger partial charge on any atom is -0.395 e. The van der Waals surface area contributed by atoms with Gasteiger partial charge in [0.25, 0.3) is 0 Å². The fraction of sp³-hybridized carbons (Fsp3) is 0.727. The molecule has 0 atom stereocenters. The van der Waals surface area contributed by atoms with Gasteiger partial charge in [0.2, 0.25) is 5.91 Å². The molecule has 0 aromatic heterocycles. The maximum atomic E-state index is 11.8. The molecule has 1 amide bonds. The molecule has 0 aliphatic carbocycles. The van der Waals surface area contributed by atoms with Crippen LogP contribution in [0.2, 0.25) is 0 Å². The first kappa shape index (κ1) is 15.1. The summed E-state index contributed by atoms with van der Waals surface area (Å²) in [5.74, 6) is -0.956. The van der Waals surface area contributed by atoms with E-state index in [1.54, 1.807) is 4.90 Å². The van der Waals surface area contributed by atoms with Crippen LogP contribution in [0.3, 0.4) is 0 Å². The lowest BCUT2D eigenvalue weighted by molar-refractivity contribution is -0.130. The fourth-order valence-corrected chi connectivity index (χ4v) is 2.92. The predicted molar refractivity (Wildman–Crippen MR) is 69.0 cm³/mol. The molecule has 0 bridgehead atoms. The molecule has 1 heterocycles. The summed E-state index contributed by atoms with van der Waals surface area (Å²) in [6.07, 6.45) is 1.29. The standard InChI is InChI=1S/C11H20N2O4S/c1-2-9-18(16,17)10-11(15)13-5-3-12(4-6-13)7-8-14/h2,14H,1,3-10H2. The number of aliphatic hydroxyl groups excluding tert-OH is 1. The highest BCUT2D eigenvalue weighted by Crippen LogP contribution is 2.03. The lowest BCUT2D eigenvalue weighted by Gasteiger charge is -2.34. The molecule has 0 aromatic carbocycles. The van der Waals surface area contributed by atoms with Crippen LogP contribution in [0.5, 0.6) is 0 Å². The Balaban J connectivity index is 2.43. The second kappa shape index (κ2) is 6.86. The van der Waals surface area contributed by atoms with Crippen molar-refractivity contribution in [2.75, 3.05) is 50.8 Å². The summed E-state index contributed by atoms with van der Waals surface area (Å²) in [5, 5.41) is 8.79. The van der Waals surface area contributed by atoms with Crippen LogP contribution >= 0.6 is 0 Å². The van der Waals surface area contributed by atoms with Gasteiger partial charge < -0.3 is 10.0 Å². The van der Waals surface area contributed by atoms with Gasteiger partial charge >= 0.3 is 0 Å². The molecule has 1 aliphatic heterocycles. The number of hydrogen-bond acceptors (Lipinski definition) is 5. The fourth-order valence-electron chi connectivity index (χ4n) is 1.88. The van der Waals surface area contributed by atoms with E-state index in [1.807, 2.05) is 4.90 Å². The lowest BCUT2D eigenvalue weighted by Crippen LogP contribution is -2.50. The number of carbonyl (C=O) groups excluding carboxylic acids is 1. The van der Waals surface area contributed by atoms with Crippen molar-refractivity contribution in [1.82, 2.24) is 9.80 Å². The van der Waals surface area contributed by atoms with E-state index in [4.69, 9.17) is 5.11 Å². The topological polar surface area (TPSA) is 77.9 Å². The van der Waals surface area contributed by atoms with Crippen molar-refractivity contribution in [1.29, 1.82) is 0 Å². The van der Waals surface area contributed by atoms with Crippen LogP contribution in [-0.4, -0.2) is 80.1 Å². The number of β-amino-alcohol motifs (C(OH)–C–C–N with tert-alkyl or cyclic N) is 1. The summed E-state index contributed by atoms with van der Waals surface area (Å²) in [6, 6.07) is 0. The van der Waals surface area contributed by atoms with Crippen LogP contribution in [0, 0.1) is 0 Å². The van der Waals surface area contributed by atoms with Crippen LogP contribution in [0.1, 0.15) is 0 Å². The molecule has 104 valence electrons. The van der Waals surface area contributed by atoms with Crippen molar-refractivity contribution in [3.63, 3.8) is 0 Å². The zero-order chi connectivity index (χ0) is 13.6. The van der Waals surface area contributed by atoms with Gasteiger partial charge in [-0.2, -0.15) is 0 Å². The number of sulfone groups is 1. The maximum absolute atomic E-state index is 11.8. The number of nitrogens with zero attached hydrogens (tertiary/aromatic N) is 2. The Kier molecular flexibility index (Phi) is 5.77. The Morgan fingerprint density at radius 2 is 1.89 bits per heavy atom. The molecule has 0 radical (unpaired) electrons. The number of rotatable bonds is 6. The van der Waals surface area contributed by atoms with E-state index in [2.05, 4.69) is 6.58 Å². The van der Waals surface area contributed by atoms with Crippen LogP contribution in [0.25, 0.3) is 0 Å². The molecular formula is C11H20N2O4S. The normalized spacial score (nSPS) is 17.7. The number of aliphatic hydroxyl groups is 1. The third-order valence-electron chi connectivity index (χ3n) is 2.86. The van der Waals surface area contributed by atoms with Crippen molar-refractivity contribution in [2.45, 2.75) is 0 Å². The molecule has 7 heteroatoms. The average Bonchev–Trinajstić information content (AvgIpc) is 2.29. The molecule has 6 nitrogen and oxygen atoms in total. The molecule has 0 aromatic rings. The summed E-state index contributed by atoms with van der Waals surface area (Å²) in [6.45, 7) is 6.44. The molecule has 0 spiro atoms. The van der Waals surface area contributed by atoms with E-state index in [1.165, 1.54) is 6.08 Å². The largest absolute Gasteiger partial charge is 0.395 e. The number of amides is 1. The van der Waals surface area contributed by atoms with Crippen LogP contribution < -0.4 is 0 Å². The average molecular weight is 276 g/mol. The van der Waals surface area contributed by atoms with Crippen molar-refractivity contribution >= 4 is 15.7 Å². The summed E-state index contributed by atoms with van der Waals surface area (Å²) in [5.41, 5.74) is 0. The first-order chi connectivity index (χ1) is 8.48. The van der Waals surface area contributed by atoms with Gasteiger partial charge in [-0.25, -0.2) is 8.42 Å². The summed E-state index contributed by atoms with van der Waals surface area (Å²) in [7, 11) is -3.37. The van der Waals surface area contributed by atoms with Crippen molar-refractivity contribution in [2.24, 2.45) is 0 Å². The zero-order valence-corrected chi connectivity index (χ0v) is 11.2. The lowest BCUT2D eigenvalue weighted by atomic mass is 10.3. The third-order valence-corrected chi connectivity index (χ3v) is 4.29. The smallest absolute Gasteiger partial charge is 0.237 e. The van der Waals surface area contributed by atoms with Gasteiger partial charge in [-0.3, -0.25) is 9.69 Å². The second-order valence-corrected chi connectivity index (χ2v) is 6.40. The first-order valence-corrected chi connectivity index (χ1v) is 7.73. The Morgan fingerprint density at radius 1 is 1.28 bits per heavy atom. The number of hydrogen-bond donors (Lipinski definition) is 1. The van der Waals surface area contributed by atoms with Crippen molar-refractivity contribution in [3.05, 3.63) is 12.7 Å². The van der Waals surface area contributed by atoms with Gasteiger partial charge in [0.15, 0.2) is 9.84 Å². The second-order valence-electron chi connectivity index (χ2n) is 4.29. The Morgan fingerprint density at radius 3 is 2.39 bits per heavy atom. The van der Waals surface area contributed by atoms with Crippen LogP contribution in [-0.2, 0) is 14.6 Å². The third kappa shape index (κ3) is 4.75. The van der Waals surface area contributed by atoms with E-state index in [0.717, 1.165) is 0 Å². The number of piperazine rings is 1. The molecule has 0 unspecified atom stereocenters. The van der Waals surface area contributed by atoms with E-state index in [9.17, 15) is 13.2 Å². The van der Waals surface area contributed by atoms with Crippen molar-refractivity contribution < 1.29 is 18.3 Å². The van der Waals surface area contributed by atoms with Gasteiger partial charge in [-0.05, 0) is 0 Å². The summed E-state index contributed by atoms with van der Waals surface area (Å²) >= 11 is 0. The molecule has 1 N–H and O–H groups in total. The molecule has 18 heavy (non-hydrogen) atoms. The van der Waals surface area contributed by atoms with E-state index in [-0.39, 0.29) is 18.3 Å². The summed E-state index contributed by atoms with van der Waals surface area (Å²) < 4.78 is 23.0. The minimum atomic E-state index is -3.37. The van der Waals surface area contributed by atoms with Gasteiger partial charge in [0.1, 0.15) is 5.75 Å². The van der Waals surface area contributed by atoms with Crippen LogP contribution in [0.4, 0.5) is 0 Å². The van der Waals surface area contributed by atoms with E-state index < -0.39 is 15.6 Å². The first-order valence-electron chi connectivity index (χ1n) is 5.91. The van der Waals surface area contributed by atoms with Gasteiger partial charge in [0.05, 0.1) is 12.4 Å². The molecule has 1 saturated heterocycles. The molecule has 1 aliphatic rings. The van der Waals surface area contributed by atoms with Gasteiger partial charge in [0, 0.05) is 32.7 Å². The van der Waals surface area contributed by atoms with Gasteiger partial charge in [-0.15, -0.1) is 6.58 Å². The van der Waals surface area contributed by atoms with Crippen LogP contribution in [0.15, 0.2) is 12.7 Å². The molecule has 1 fully saturated rings. The monoisotopic (exact) mass is 276 g/mol. The van der Waals surface area contributed by atoms with Gasteiger partial charge in [-0.1, -0.05) is 6.08 Å². The van der Waals surface area contributed by atoms with Crippen molar-refractivity contribution in [3.8, 4) is 0 Å². The highest BCUT2D eigenvalue weighted by molar-refractivity contribution is 7.92. The van der Waals surface area contributed by atoms with E-state index in [0.29, 0.717) is 32.7 Å². The predicted octanol–water partition coefficient (Wildman–Crippen LogP) is -1.28. The zero-order valence-electron chi connectivity index (χ0n) is 10.4. The Hall–Kier alpha value is -0.920.